The highest BCUT2D eigenvalue weighted by molar-refractivity contribution is 6.30. The molecule has 0 aliphatic heterocycles. The lowest BCUT2D eigenvalue weighted by Crippen LogP contribution is -2.35. The van der Waals surface area contributed by atoms with Gasteiger partial charge in [-0.15, -0.1) is 0 Å². The van der Waals surface area contributed by atoms with Crippen molar-refractivity contribution in [1.29, 1.82) is 0 Å². The van der Waals surface area contributed by atoms with Gasteiger partial charge in [0.15, 0.2) is 0 Å². The Bertz CT molecular complexity index is 976. The van der Waals surface area contributed by atoms with Crippen LogP contribution in [-0.2, 0) is 4.79 Å². The summed E-state index contributed by atoms with van der Waals surface area (Å²) in [6.45, 7) is -0.106. The van der Waals surface area contributed by atoms with E-state index in [9.17, 15) is 9.59 Å². The molecule has 0 bridgehead atoms. The van der Waals surface area contributed by atoms with Crippen LogP contribution in [0.15, 0.2) is 78.9 Å². The summed E-state index contributed by atoms with van der Waals surface area (Å²) < 4.78 is 5.83. The molecule has 3 aromatic rings. The fraction of sp³-hybridized carbons (Fsp3) is 0.0909. The van der Waals surface area contributed by atoms with E-state index in [1.165, 1.54) is 4.90 Å². The van der Waals surface area contributed by atoms with Crippen LogP contribution in [0.4, 0.5) is 5.69 Å². The summed E-state index contributed by atoms with van der Waals surface area (Å²) in [4.78, 5) is 26.4. The zero-order valence-corrected chi connectivity index (χ0v) is 16.0. The van der Waals surface area contributed by atoms with Gasteiger partial charge in [0, 0.05) is 17.8 Å². The summed E-state index contributed by atoms with van der Waals surface area (Å²) in [5.74, 6) is 0.428. The summed E-state index contributed by atoms with van der Waals surface area (Å²) in [5, 5.41) is 3.25. The molecule has 0 saturated carbocycles. The number of hydrogen-bond donors (Lipinski definition) is 1. The van der Waals surface area contributed by atoms with Crippen molar-refractivity contribution >= 4 is 29.1 Å². The number of rotatable bonds is 6. The summed E-state index contributed by atoms with van der Waals surface area (Å²) >= 11 is 5.92. The Balaban J connectivity index is 1.68. The molecule has 0 spiro atoms. The van der Waals surface area contributed by atoms with E-state index >= 15 is 0 Å². The van der Waals surface area contributed by atoms with Crippen molar-refractivity contribution in [1.82, 2.24) is 4.90 Å². The van der Waals surface area contributed by atoms with Crippen molar-refractivity contribution in [3.63, 3.8) is 0 Å². The van der Waals surface area contributed by atoms with E-state index in [1.807, 2.05) is 30.3 Å². The second kappa shape index (κ2) is 9.06. The standard InChI is InChI=1S/C22H19ClN2O3/c1-25(15-21(26)24-17-9-7-8-16(23)14-17)22(27)19-12-5-6-13-20(19)28-18-10-3-2-4-11-18/h2-14H,15H2,1H3,(H,24,26). The highest BCUT2D eigenvalue weighted by atomic mass is 35.5. The van der Waals surface area contributed by atoms with Gasteiger partial charge in [-0.2, -0.15) is 0 Å². The highest BCUT2D eigenvalue weighted by Crippen LogP contribution is 2.26. The molecule has 2 amide bonds. The predicted octanol–water partition coefficient (Wildman–Crippen LogP) is 4.84. The number of para-hydroxylation sites is 2. The summed E-state index contributed by atoms with van der Waals surface area (Å²) in [6, 6.07) is 23.0. The molecule has 0 aromatic heterocycles. The third-order valence-electron chi connectivity index (χ3n) is 3.92. The van der Waals surface area contributed by atoms with Crippen LogP contribution in [0.1, 0.15) is 10.4 Å². The van der Waals surface area contributed by atoms with Gasteiger partial charge >= 0.3 is 0 Å². The van der Waals surface area contributed by atoms with Crippen molar-refractivity contribution in [2.24, 2.45) is 0 Å². The highest BCUT2D eigenvalue weighted by Gasteiger charge is 2.19. The molecule has 0 aliphatic rings. The van der Waals surface area contributed by atoms with Crippen molar-refractivity contribution in [3.8, 4) is 11.5 Å². The van der Waals surface area contributed by atoms with Crippen LogP contribution in [-0.4, -0.2) is 30.3 Å². The smallest absolute Gasteiger partial charge is 0.257 e. The van der Waals surface area contributed by atoms with E-state index in [2.05, 4.69) is 5.32 Å². The van der Waals surface area contributed by atoms with Crippen LogP contribution in [0.2, 0.25) is 5.02 Å². The van der Waals surface area contributed by atoms with Crippen LogP contribution in [0, 0.1) is 0 Å². The molecule has 3 aromatic carbocycles. The number of amides is 2. The Hall–Kier alpha value is -3.31. The van der Waals surface area contributed by atoms with Gasteiger partial charge in [0.05, 0.1) is 12.1 Å². The zero-order chi connectivity index (χ0) is 19.9. The van der Waals surface area contributed by atoms with Gasteiger partial charge in [-0.1, -0.05) is 48.0 Å². The Kier molecular flexibility index (Phi) is 6.29. The lowest BCUT2D eigenvalue weighted by atomic mass is 10.1. The monoisotopic (exact) mass is 394 g/mol. The van der Waals surface area contributed by atoms with Crippen molar-refractivity contribution in [3.05, 3.63) is 89.4 Å². The third-order valence-corrected chi connectivity index (χ3v) is 4.16. The molecular formula is C22H19ClN2O3. The van der Waals surface area contributed by atoms with Gasteiger partial charge in [0.25, 0.3) is 5.91 Å². The average molecular weight is 395 g/mol. The maximum absolute atomic E-state index is 12.8. The van der Waals surface area contributed by atoms with Gasteiger partial charge in [-0.25, -0.2) is 0 Å². The second-order valence-corrected chi connectivity index (χ2v) is 6.57. The van der Waals surface area contributed by atoms with E-state index < -0.39 is 0 Å². The minimum Gasteiger partial charge on any atom is -0.457 e. The first-order valence-corrected chi connectivity index (χ1v) is 9.03. The van der Waals surface area contributed by atoms with Crippen LogP contribution in [0.25, 0.3) is 0 Å². The summed E-state index contributed by atoms with van der Waals surface area (Å²) in [5.41, 5.74) is 0.954. The Labute approximate surface area is 168 Å². The topological polar surface area (TPSA) is 58.6 Å². The molecule has 0 unspecified atom stereocenters. The van der Waals surface area contributed by atoms with Crippen LogP contribution in [0.5, 0.6) is 11.5 Å². The molecule has 0 radical (unpaired) electrons. The molecule has 0 fully saturated rings. The molecule has 0 atom stereocenters. The van der Waals surface area contributed by atoms with E-state index in [1.54, 1.807) is 55.6 Å². The number of carbonyl (C=O) groups is 2. The molecule has 142 valence electrons. The largest absolute Gasteiger partial charge is 0.457 e. The predicted molar refractivity (Wildman–Crippen MR) is 110 cm³/mol. The number of ether oxygens (including phenoxy) is 1. The number of halogens is 1. The first kappa shape index (κ1) is 19.5. The molecule has 0 aliphatic carbocycles. The van der Waals surface area contributed by atoms with Gasteiger partial charge in [-0.05, 0) is 42.5 Å². The van der Waals surface area contributed by atoms with Crippen molar-refractivity contribution in [2.75, 3.05) is 18.9 Å². The number of carbonyl (C=O) groups excluding carboxylic acids is 2. The van der Waals surface area contributed by atoms with E-state index in [0.717, 1.165) is 0 Å². The van der Waals surface area contributed by atoms with Crippen LogP contribution in [0.3, 0.4) is 0 Å². The number of hydrogen-bond acceptors (Lipinski definition) is 3. The average Bonchev–Trinajstić information content (AvgIpc) is 2.68. The van der Waals surface area contributed by atoms with E-state index in [4.69, 9.17) is 16.3 Å². The molecule has 1 N–H and O–H groups in total. The van der Waals surface area contributed by atoms with E-state index in [-0.39, 0.29) is 18.4 Å². The SMILES string of the molecule is CN(CC(=O)Nc1cccc(Cl)c1)C(=O)c1ccccc1Oc1ccccc1. The van der Waals surface area contributed by atoms with Gasteiger partial charge in [0.1, 0.15) is 11.5 Å². The molecule has 3 rings (SSSR count). The minimum atomic E-state index is -0.320. The van der Waals surface area contributed by atoms with Gasteiger partial charge < -0.3 is 15.0 Å². The molecule has 6 heteroatoms. The normalized spacial score (nSPS) is 10.2. The lowest BCUT2D eigenvalue weighted by molar-refractivity contribution is -0.116. The van der Waals surface area contributed by atoms with E-state index in [0.29, 0.717) is 27.8 Å². The number of likely N-dealkylation sites (N-methyl/N-ethyl adjacent to an activating group) is 1. The summed E-state index contributed by atoms with van der Waals surface area (Å²) in [6.07, 6.45) is 0. The Morgan fingerprint density at radius 3 is 2.43 bits per heavy atom. The number of nitrogens with one attached hydrogen (secondary N) is 1. The van der Waals surface area contributed by atoms with Crippen LogP contribution >= 0.6 is 11.6 Å². The molecule has 0 heterocycles. The number of nitrogens with zero attached hydrogens (tertiary/aromatic N) is 1. The molecule has 0 saturated heterocycles. The first-order chi connectivity index (χ1) is 13.5. The molecular weight excluding hydrogens is 376 g/mol. The quantitative estimate of drug-likeness (QED) is 0.650. The zero-order valence-electron chi connectivity index (χ0n) is 15.3. The fourth-order valence-electron chi connectivity index (χ4n) is 2.61. The molecule has 28 heavy (non-hydrogen) atoms. The number of anilines is 1. The maximum Gasteiger partial charge on any atom is 0.257 e. The molecule has 5 nitrogen and oxygen atoms in total. The fourth-order valence-corrected chi connectivity index (χ4v) is 2.80. The van der Waals surface area contributed by atoms with Gasteiger partial charge in [-0.3, -0.25) is 9.59 Å². The van der Waals surface area contributed by atoms with Crippen molar-refractivity contribution < 1.29 is 14.3 Å². The Morgan fingerprint density at radius 1 is 0.964 bits per heavy atom. The third kappa shape index (κ3) is 5.11. The maximum atomic E-state index is 12.8. The van der Waals surface area contributed by atoms with Crippen molar-refractivity contribution in [2.45, 2.75) is 0 Å². The Morgan fingerprint density at radius 2 is 1.68 bits per heavy atom. The number of benzene rings is 3. The lowest BCUT2D eigenvalue weighted by Gasteiger charge is -2.19. The first-order valence-electron chi connectivity index (χ1n) is 8.66. The van der Waals surface area contributed by atoms with Gasteiger partial charge in [0.2, 0.25) is 5.91 Å². The van der Waals surface area contributed by atoms with Crippen LogP contribution < -0.4 is 10.1 Å². The summed E-state index contributed by atoms with van der Waals surface area (Å²) in [7, 11) is 1.57. The second-order valence-electron chi connectivity index (χ2n) is 6.13. The minimum absolute atomic E-state index is 0.106.